The molecule has 1 aliphatic rings. The van der Waals surface area contributed by atoms with E-state index in [1.54, 1.807) is 29.2 Å². The minimum atomic E-state index is -0.549. The van der Waals surface area contributed by atoms with Crippen LogP contribution in [-0.4, -0.2) is 53.8 Å². The molecule has 0 bridgehead atoms. The zero-order valence-electron chi connectivity index (χ0n) is 12.8. The highest BCUT2D eigenvalue weighted by Crippen LogP contribution is 2.11. The molecule has 0 saturated carbocycles. The normalized spacial score (nSPS) is 21.5. The van der Waals surface area contributed by atoms with Crippen LogP contribution < -0.4 is 0 Å². The second kappa shape index (κ2) is 7.38. The molecule has 1 aromatic rings. The Labute approximate surface area is 129 Å². The summed E-state index contributed by atoms with van der Waals surface area (Å²) >= 11 is 0. The van der Waals surface area contributed by atoms with E-state index >= 15 is 0 Å². The monoisotopic (exact) mass is 307 g/mol. The summed E-state index contributed by atoms with van der Waals surface area (Å²) in [6.07, 6.45) is -0.0381. The van der Waals surface area contributed by atoms with Gasteiger partial charge in [-0.05, 0) is 31.5 Å². The Hall–Kier alpha value is -1.92. The average Bonchev–Trinajstić information content (AvgIpc) is 2.51. The molecule has 0 aromatic heterocycles. The van der Waals surface area contributed by atoms with Crippen LogP contribution in [0.15, 0.2) is 24.3 Å². The van der Waals surface area contributed by atoms with Crippen LogP contribution in [0.2, 0.25) is 0 Å². The van der Waals surface area contributed by atoms with Crippen LogP contribution in [0.5, 0.6) is 0 Å². The van der Waals surface area contributed by atoms with Gasteiger partial charge in [-0.1, -0.05) is 12.1 Å². The van der Waals surface area contributed by atoms with Gasteiger partial charge in [0.1, 0.15) is 0 Å². The van der Waals surface area contributed by atoms with Crippen LogP contribution in [0.1, 0.15) is 29.8 Å². The Kier molecular flexibility index (Phi) is 5.51. The molecule has 1 aromatic carbocycles. The number of carbonyl (C=O) groups is 2. The minimum absolute atomic E-state index is 0.0190. The number of amides is 1. The van der Waals surface area contributed by atoms with Crippen LogP contribution in [0.4, 0.5) is 0 Å². The molecule has 0 radical (unpaired) electrons. The van der Waals surface area contributed by atoms with Gasteiger partial charge in [0.15, 0.2) is 6.61 Å². The van der Waals surface area contributed by atoms with E-state index in [0.717, 1.165) is 0 Å². The third-order valence-electron chi connectivity index (χ3n) is 3.47. The van der Waals surface area contributed by atoms with E-state index in [2.05, 4.69) is 0 Å². The quantitative estimate of drug-likeness (QED) is 0.839. The number of benzene rings is 1. The smallest absolute Gasteiger partial charge is 0.338 e. The molecule has 1 N–H and O–H groups in total. The molecule has 1 saturated heterocycles. The minimum Gasteiger partial charge on any atom is -0.452 e. The number of hydrogen-bond acceptors (Lipinski definition) is 5. The number of aliphatic hydroxyl groups excluding tert-OH is 1. The van der Waals surface area contributed by atoms with Gasteiger partial charge in [-0.25, -0.2) is 4.79 Å². The Bertz CT molecular complexity index is 518. The topological polar surface area (TPSA) is 76.1 Å². The van der Waals surface area contributed by atoms with Crippen molar-refractivity contribution in [2.24, 2.45) is 0 Å². The van der Waals surface area contributed by atoms with Crippen molar-refractivity contribution in [3.63, 3.8) is 0 Å². The second-order valence-electron chi connectivity index (χ2n) is 5.49. The molecule has 2 rings (SSSR count). The predicted molar refractivity (Wildman–Crippen MR) is 79.2 cm³/mol. The molecule has 1 heterocycles. The van der Waals surface area contributed by atoms with Gasteiger partial charge in [0.25, 0.3) is 5.91 Å². The lowest BCUT2D eigenvalue weighted by molar-refractivity contribution is -0.146. The molecule has 0 aliphatic carbocycles. The number of aliphatic hydroxyl groups is 1. The van der Waals surface area contributed by atoms with Gasteiger partial charge in [-0.15, -0.1) is 0 Å². The van der Waals surface area contributed by atoms with E-state index in [-0.39, 0.29) is 31.3 Å². The summed E-state index contributed by atoms with van der Waals surface area (Å²) in [5.74, 6) is -0.769. The summed E-state index contributed by atoms with van der Waals surface area (Å²) in [6, 6.07) is 6.42. The number of nitrogens with zero attached hydrogens (tertiary/aromatic N) is 1. The first-order valence-electron chi connectivity index (χ1n) is 7.29. The molecule has 0 spiro atoms. The van der Waals surface area contributed by atoms with E-state index in [0.29, 0.717) is 24.2 Å². The third kappa shape index (κ3) is 4.29. The van der Waals surface area contributed by atoms with Crippen LogP contribution in [0, 0.1) is 0 Å². The molecule has 1 amide bonds. The summed E-state index contributed by atoms with van der Waals surface area (Å²) in [6.45, 7) is 4.47. The van der Waals surface area contributed by atoms with Gasteiger partial charge in [-0.3, -0.25) is 4.79 Å². The van der Waals surface area contributed by atoms with E-state index in [9.17, 15) is 9.59 Å². The maximum Gasteiger partial charge on any atom is 0.338 e. The Morgan fingerprint density at radius 1 is 1.23 bits per heavy atom. The summed E-state index contributed by atoms with van der Waals surface area (Å²) < 4.78 is 10.6. The molecular formula is C16H21NO5. The maximum absolute atomic E-state index is 12.1. The first-order valence-corrected chi connectivity index (χ1v) is 7.29. The highest BCUT2D eigenvalue weighted by atomic mass is 16.5. The number of carbonyl (C=O) groups excluding carboxylic acids is 2. The molecule has 6 heteroatoms. The molecule has 22 heavy (non-hydrogen) atoms. The Morgan fingerprint density at radius 3 is 2.36 bits per heavy atom. The number of ether oxygens (including phenoxy) is 2. The third-order valence-corrected chi connectivity index (χ3v) is 3.47. The SMILES string of the molecule is C[C@H]1CN(C(=O)COC(=O)c2ccc(CO)cc2)C[C@H](C)O1. The fourth-order valence-corrected chi connectivity index (χ4v) is 2.43. The van der Waals surface area contributed by atoms with Gasteiger partial charge < -0.3 is 19.5 Å². The highest BCUT2D eigenvalue weighted by molar-refractivity contribution is 5.91. The van der Waals surface area contributed by atoms with Crippen molar-refractivity contribution in [1.29, 1.82) is 0 Å². The van der Waals surface area contributed by atoms with Crippen LogP contribution in [0.25, 0.3) is 0 Å². The highest BCUT2D eigenvalue weighted by Gasteiger charge is 2.26. The van der Waals surface area contributed by atoms with Gasteiger partial charge in [-0.2, -0.15) is 0 Å². The molecule has 6 nitrogen and oxygen atoms in total. The molecule has 2 atom stereocenters. The molecule has 0 unspecified atom stereocenters. The molecular weight excluding hydrogens is 286 g/mol. The largest absolute Gasteiger partial charge is 0.452 e. The van der Waals surface area contributed by atoms with Gasteiger partial charge in [0.05, 0.1) is 24.4 Å². The standard InChI is InChI=1S/C16H21NO5/c1-11-7-17(8-12(2)22-11)15(19)10-21-16(20)14-5-3-13(9-18)4-6-14/h3-6,11-12,18H,7-10H2,1-2H3/t11-,12-/m0/s1. The fraction of sp³-hybridized carbons (Fsp3) is 0.500. The number of rotatable bonds is 4. The van der Waals surface area contributed by atoms with Crippen molar-refractivity contribution in [2.75, 3.05) is 19.7 Å². The average molecular weight is 307 g/mol. The van der Waals surface area contributed by atoms with Crippen molar-refractivity contribution in [3.8, 4) is 0 Å². The second-order valence-corrected chi connectivity index (χ2v) is 5.49. The summed E-state index contributed by atoms with van der Waals surface area (Å²) in [5, 5.41) is 8.95. The van der Waals surface area contributed by atoms with Crippen molar-refractivity contribution in [2.45, 2.75) is 32.7 Å². The summed E-state index contributed by atoms with van der Waals surface area (Å²) in [4.78, 5) is 25.6. The molecule has 1 fully saturated rings. The summed E-state index contributed by atoms with van der Waals surface area (Å²) in [5.41, 5.74) is 1.07. The Morgan fingerprint density at radius 2 is 1.82 bits per heavy atom. The van der Waals surface area contributed by atoms with E-state index < -0.39 is 5.97 Å². The van der Waals surface area contributed by atoms with Gasteiger partial charge >= 0.3 is 5.97 Å². The predicted octanol–water partition coefficient (Wildman–Crippen LogP) is 0.971. The van der Waals surface area contributed by atoms with Gasteiger partial charge in [0.2, 0.25) is 0 Å². The van der Waals surface area contributed by atoms with Crippen molar-refractivity contribution >= 4 is 11.9 Å². The molecule has 1 aliphatic heterocycles. The van der Waals surface area contributed by atoms with E-state index in [1.165, 1.54) is 0 Å². The maximum atomic E-state index is 12.1. The van der Waals surface area contributed by atoms with Crippen LogP contribution >= 0.6 is 0 Å². The van der Waals surface area contributed by atoms with Crippen molar-refractivity contribution in [1.82, 2.24) is 4.90 Å². The lowest BCUT2D eigenvalue weighted by Gasteiger charge is -2.35. The van der Waals surface area contributed by atoms with Crippen LogP contribution in [0.3, 0.4) is 0 Å². The van der Waals surface area contributed by atoms with Gasteiger partial charge in [0, 0.05) is 13.1 Å². The summed E-state index contributed by atoms with van der Waals surface area (Å²) in [7, 11) is 0. The van der Waals surface area contributed by atoms with Crippen LogP contribution in [-0.2, 0) is 20.9 Å². The number of esters is 1. The lowest BCUT2D eigenvalue weighted by Crippen LogP contribution is -2.49. The van der Waals surface area contributed by atoms with Crippen molar-refractivity contribution in [3.05, 3.63) is 35.4 Å². The fourth-order valence-electron chi connectivity index (χ4n) is 2.43. The van der Waals surface area contributed by atoms with Crippen molar-refractivity contribution < 1.29 is 24.2 Å². The zero-order chi connectivity index (χ0) is 16.1. The first kappa shape index (κ1) is 16.5. The van der Waals surface area contributed by atoms with E-state index in [4.69, 9.17) is 14.6 Å². The zero-order valence-corrected chi connectivity index (χ0v) is 12.8. The van der Waals surface area contributed by atoms with E-state index in [1.807, 2.05) is 13.8 Å². The first-order chi connectivity index (χ1) is 10.5. The molecule has 120 valence electrons. The number of morpholine rings is 1. The number of hydrogen-bond donors (Lipinski definition) is 1. The lowest BCUT2D eigenvalue weighted by atomic mass is 10.1. The Balaban J connectivity index is 1.85.